The van der Waals surface area contributed by atoms with Gasteiger partial charge in [0.1, 0.15) is 0 Å². The quantitative estimate of drug-likeness (QED) is 0.580. The van der Waals surface area contributed by atoms with Crippen LogP contribution >= 0.6 is 23.5 Å². The molecule has 1 saturated heterocycles. The number of hydrogen-bond donors (Lipinski definition) is 1. The van der Waals surface area contributed by atoms with Crippen LogP contribution in [0.2, 0.25) is 0 Å². The number of aliphatic hydroxyl groups excluding tert-OH is 1. The minimum Gasteiger partial charge on any atom is -0.391 e. The van der Waals surface area contributed by atoms with Crippen LogP contribution in [-0.4, -0.2) is 26.8 Å². The molecule has 9 heavy (non-hydrogen) atoms. The summed E-state index contributed by atoms with van der Waals surface area (Å²) in [6, 6.07) is 0. The first-order valence-corrected chi connectivity index (χ1v) is 5.27. The molecule has 1 unspecified atom stereocenters. The fourth-order valence-corrected chi connectivity index (χ4v) is 4.33. The highest BCUT2D eigenvalue weighted by Crippen LogP contribution is 2.59. The van der Waals surface area contributed by atoms with Gasteiger partial charge in [-0.1, -0.05) is 0 Å². The molecule has 0 amide bonds. The third-order valence-corrected chi connectivity index (χ3v) is 5.35. The Morgan fingerprint density at radius 1 is 1.33 bits per heavy atom. The lowest BCUT2D eigenvalue weighted by molar-refractivity contribution is 0.277. The van der Waals surface area contributed by atoms with Gasteiger partial charge in [-0.15, -0.1) is 23.5 Å². The normalized spacial score (nSPS) is 39.0. The molecule has 2 rings (SSSR count). The second kappa shape index (κ2) is 2.07. The molecule has 0 aromatic heterocycles. The van der Waals surface area contributed by atoms with Gasteiger partial charge in [-0.05, 0) is 17.9 Å². The molecule has 1 spiro atoms. The van der Waals surface area contributed by atoms with E-state index in [0.717, 1.165) is 6.42 Å². The maximum Gasteiger partial charge on any atom is 0.0894 e. The minimum atomic E-state index is 0.00722. The first-order chi connectivity index (χ1) is 4.33. The molecule has 0 bridgehead atoms. The molecule has 3 heteroatoms. The molecule has 52 valence electrons. The van der Waals surface area contributed by atoms with Crippen molar-refractivity contribution in [2.45, 2.75) is 23.0 Å². The fraction of sp³-hybridized carbons (Fsp3) is 1.00. The van der Waals surface area contributed by atoms with Gasteiger partial charge in [0.2, 0.25) is 0 Å². The zero-order valence-electron chi connectivity index (χ0n) is 5.17. The van der Waals surface area contributed by atoms with E-state index in [1.807, 2.05) is 23.5 Å². The Morgan fingerprint density at radius 3 is 2.22 bits per heavy atom. The number of aliphatic hydroxyl groups is 1. The molecule has 1 aliphatic heterocycles. The van der Waals surface area contributed by atoms with Gasteiger partial charge < -0.3 is 5.11 Å². The predicted molar refractivity (Wildman–Crippen MR) is 42.9 cm³/mol. The van der Waals surface area contributed by atoms with Gasteiger partial charge >= 0.3 is 0 Å². The van der Waals surface area contributed by atoms with E-state index in [9.17, 15) is 5.11 Å². The van der Waals surface area contributed by atoms with Gasteiger partial charge in [0.05, 0.1) is 10.2 Å². The number of rotatable bonds is 0. The second-order valence-corrected chi connectivity index (χ2v) is 5.69. The van der Waals surface area contributed by atoms with E-state index in [1.54, 1.807) is 0 Å². The van der Waals surface area contributed by atoms with E-state index < -0.39 is 0 Å². The lowest BCUT2D eigenvalue weighted by Crippen LogP contribution is -2.11. The third-order valence-electron chi connectivity index (χ3n) is 1.81. The number of hydrogen-bond acceptors (Lipinski definition) is 3. The summed E-state index contributed by atoms with van der Waals surface area (Å²) < 4.78 is 0.276. The van der Waals surface area contributed by atoms with Crippen LogP contribution < -0.4 is 0 Å². The van der Waals surface area contributed by atoms with E-state index in [0.29, 0.717) is 0 Å². The molecule has 0 radical (unpaired) electrons. The standard InChI is InChI=1S/C6H10OS2/c7-5-4-6(5)8-2-1-3-9-6/h5,7H,1-4H2. The Morgan fingerprint density at radius 2 is 1.89 bits per heavy atom. The summed E-state index contributed by atoms with van der Waals surface area (Å²) in [6.07, 6.45) is 2.36. The third kappa shape index (κ3) is 0.994. The van der Waals surface area contributed by atoms with Gasteiger partial charge in [-0.2, -0.15) is 0 Å². The average molecular weight is 162 g/mol. The molecule has 1 aliphatic carbocycles. The van der Waals surface area contributed by atoms with Crippen molar-refractivity contribution in [2.75, 3.05) is 11.5 Å². The van der Waals surface area contributed by atoms with Crippen LogP contribution in [0.3, 0.4) is 0 Å². The average Bonchev–Trinajstić information content (AvgIpc) is 2.44. The summed E-state index contributed by atoms with van der Waals surface area (Å²) in [5.41, 5.74) is 0. The lowest BCUT2D eigenvalue weighted by atomic mass is 10.6. The van der Waals surface area contributed by atoms with Crippen LogP contribution in [0.25, 0.3) is 0 Å². The van der Waals surface area contributed by atoms with Gasteiger partial charge in [0.25, 0.3) is 0 Å². The van der Waals surface area contributed by atoms with E-state index in [-0.39, 0.29) is 10.2 Å². The van der Waals surface area contributed by atoms with Crippen molar-refractivity contribution in [2.24, 2.45) is 0 Å². The SMILES string of the molecule is OC1CC12SCCCS2. The summed E-state index contributed by atoms with van der Waals surface area (Å²) in [4.78, 5) is 0. The molecule has 1 atom stereocenters. The maximum absolute atomic E-state index is 9.20. The molecule has 0 aromatic rings. The minimum absolute atomic E-state index is 0.00722. The van der Waals surface area contributed by atoms with Crippen molar-refractivity contribution in [1.82, 2.24) is 0 Å². The predicted octanol–water partition coefficient (Wildman–Crippen LogP) is 1.32. The van der Waals surface area contributed by atoms with Gasteiger partial charge in [-0.25, -0.2) is 0 Å². The van der Waals surface area contributed by atoms with Crippen LogP contribution in [0.5, 0.6) is 0 Å². The van der Waals surface area contributed by atoms with Gasteiger partial charge in [0, 0.05) is 6.42 Å². The highest BCUT2D eigenvalue weighted by Gasteiger charge is 2.55. The maximum atomic E-state index is 9.20. The summed E-state index contributed by atoms with van der Waals surface area (Å²) in [5.74, 6) is 2.51. The molecular weight excluding hydrogens is 152 g/mol. The summed E-state index contributed by atoms with van der Waals surface area (Å²) in [6.45, 7) is 0. The van der Waals surface area contributed by atoms with Crippen molar-refractivity contribution in [1.29, 1.82) is 0 Å². The molecular formula is C6H10OS2. The molecule has 0 aromatic carbocycles. The van der Waals surface area contributed by atoms with Gasteiger partial charge in [0.15, 0.2) is 0 Å². The molecule has 1 N–H and O–H groups in total. The second-order valence-electron chi connectivity index (χ2n) is 2.58. The zero-order chi connectivity index (χ0) is 6.32. The molecule has 1 nitrogen and oxygen atoms in total. The van der Waals surface area contributed by atoms with Crippen molar-refractivity contribution < 1.29 is 5.11 Å². The van der Waals surface area contributed by atoms with Crippen molar-refractivity contribution >= 4 is 23.5 Å². The molecule has 1 saturated carbocycles. The van der Waals surface area contributed by atoms with Crippen molar-refractivity contribution in [3.05, 3.63) is 0 Å². The van der Waals surface area contributed by atoms with Crippen molar-refractivity contribution in [3.63, 3.8) is 0 Å². The monoisotopic (exact) mass is 162 g/mol. The molecule has 2 fully saturated rings. The topological polar surface area (TPSA) is 20.2 Å². The smallest absolute Gasteiger partial charge is 0.0894 e. The first-order valence-electron chi connectivity index (χ1n) is 3.29. The van der Waals surface area contributed by atoms with Crippen LogP contribution in [0.15, 0.2) is 0 Å². The van der Waals surface area contributed by atoms with E-state index in [4.69, 9.17) is 0 Å². The number of thioether (sulfide) groups is 2. The summed E-state index contributed by atoms with van der Waals surface area (Å²) >= 11 is 3.91. The highest BCUT2D eigenvalue weighted by atomic mass is 32.2. The summed E-state index contributed by atoms with van der Waals surface area (Å²) in [5, 5.41) is 9.20. The van der Waals surface area contributed by atoms with Crippen LogP contribution in [-0.2, 0) is 0 Å². The Kier molecular flexibility index (Phi) is 1.47. The molecule has 1 heterocycles. The lowest BCUT2D eigenvalue weighted by Gasteiger charge is -2.19. The fourth-order valence-electron chi connectivity index (χ4n) is 1.11. The van der Waals surface area contributed by atoms with Crippen LogP contribution in [0.1, 0.15) is 12.8 Å². The van der Waals surface area contributed by atoms with Crippen LogP contribution in [0, 0.1) is 0 Å². The Hall–Kier alpha value is 0.660. The Labute approximate surface area is 63.6 Å². The largest absolute Gasteiger partial charge is 0.391 e. The Bertz CT molecular complexity index is 120. The van der Waals surface area contributed by atoms with E-state index in [2.05, 4.69) is 0 Å². The highest BCUT2D eigenvalue weighted by molar-refractivity contribution is 8.19. The summed E-state index contributed by atoms with van der Waals surface area (Å²) in [7, 11) is 0. The van der Waals surface area contributed by atoms with Crippen molar-refractivity contribution in [3.8, 4) is 0 Å². The van der Waals surface area contributed by atoms with Crippen LogP contribution in [0.4, 0.5) is 0 Å². The van der Waals surface area contributed by atoms with Gasteiger partial charge in [-0.3, -0.25) is 0 Å². The van der Waals surface area contributed by atoms with E-state index >= 15 is 0 Å². The first kappa shape index (κ1) is 6.38. The zero-order valence-corrected chi connectivity index (χ0v) is 6.80. The van der Waals surface area contributed by atoms with E-state index in [1.165, 1.54) is 17.9 Å². The Balaban J connectivity index is 1.97. The molecule has 2 aliphatic rings.